The van der Waals surface area contributed by atoms with Crippen molar-refractivity contribution in [1.29, 1.82) is 5.41 Å². The largest absolute Gasteiger partial charge is 0.481 e. The molecule has 28 heavy (non-hydrogen) atoms. The van der Waals surface area contributed by atoms with Crippen molar-refractivity contribution in [3.05, 3.63) is 0 Å². The first-order chi connectivity index (χ1) is 12.9. The summed E-state index contributed by atoms with van der Waals surface area (Å²) in [4.78, 5) is 12.7. The van der Waals surface area contributed by atoms with Gasteiger partial charge in [0.1, 0.15) is 0 Å². The van der Waals surface area contributed by atoms with Crippen LogP contribution in [0.5, 0.6) is 0 Å². The summed E-state index contributed by atoms with van der Waals surface area (Å²) in [5.41, 5.74) is 5.04. The Balaban J connectivity index is 1.69. The van der Waals surface area contributed by atoms with Gasteiger partial charge in [0, 0.05) is 11.8 Å². The second kappa shape index (κ2) is 7.31. The zero-order valence-electron chi connectivity index (χ0n) is 18.4. The van der Waals surface area contributed by atoms with Crippen LogP contribution in [0.25, 0.3) is 0 Å². The van der Waals surface area contributed by atoms with Crippen LogP contribution in [0.1, 0.15) is 80.1 Å². The van der Waals surface area contributed by atoms with Crippen molar-refractivity contribution in [3.8, 4) is 0 Å². The van der Waals surface area contributed by atoms with E-state index < -0.39 is 12.5 Å². The monoisotopic (exact) mass is 391 g/mol. The van der Waals surface area contributed by atoms with Crippen LogP contribution in [-0.4, -0.2) is 36.5 Å². The van der Waals surface area contributed by atoms with Crippen molar-refractivity contribution in [3.63, 3.8) is 0 Å². The average molecular weight is 391 g/mol. The number of unbranched alkanes of at least 4 members (excludes halogenated alkanes) is 1. The van der Waals surface area contributed by atoms with Crippen molar-refractivity contribution in [2.45, 2.75) is 97.7 Å². The summed E-state index contributed by atoms with van der Waals surface area (Å²) in [5.74, 6) is 1.26. The lowest BCUT2D eigenvalue weighted by molar-refractivity contribution is -0.199. The van der Waals surface area contributed by atoms with E-state index in [1.807, 2.05) is 20.8 Å². The van der Waals surface area contributed by atoms with E-state index >= 15 is 0 Å². The van der Waals surface area contributed by atoms with E-state index in [9.17, 15) is 4.79 Å². The Kier molecular flexibility index (Phi) is 5.65. The summed E-state index contributed by atoms with van der Waals surface area (Å²) in [6, 6.07) is 0. The van der Waals surface area contributed by atoms with Gasteiger partial charge < -0.3 is 20.4 Å². The average Bonchev–Trinajstić information content (AvgIpc) is 2.92. The summed E-state index contributed by atoms with van der Waals surface area (Å²) in [7, 11) is -0.409. The predicted octanol–water partition coefficient (Wildman–Crippen LogP) is 3.28. The summed E-state index contributed by atoms with van der Waals surface area (Å²) < 4.78 is 13.0. The van der Waals surface area contributed by atoms with E-state index in [0.717, 1.165) is 25.7 Å². The first kappa shape index (κ1) is 21.6. The molecule has 0 radical (unpaired) electrons. The number of rotatable bonds is 7. The van der Waals surface area contributed by atoms with E-state index in [1.165, 1.54) is 6.42 Å². The van der Waals surface area contributed by atoms with Gasteiger partial charge >= 0.3 is 7.12 Å². The van der Waals surface area contributed by atoms with Crippen molar-refractivity contribution in [1.82, 2.24) is 5.32 Å². The lowest BCUT2D eigenvalue weighted by Crippen LogP contribution is -2.65. The van der Waals surface area contributed by atoms with Crippen LogP contribution in [0.2, 0.25) is 0 Å². The van der Waals surface area contributed by atoms with Crippen LogP contribution in [0.4, 0.5) is 0 Å². The van der Waals surface area contributed by atoms with Crippen LogP contribution in [0.15, 0.2) is 0 Å². The molecule has 4 aliphatic rings. The molecule has 4 rings (SSSR count). The van der Waals surface area contributed by atoms with Crippen LogP contribution >= 0.6 is 0 Å². The van der Waals surface area contributed by atoms with Gasteiger partial charge in [0.25, 0.3) is 0 Å². The molecule has 3 aliphatic carbocycles. The molecule has 5 atom stereocenters. The molecule has 1 saturated heterocycles. The highest BCUT2D eigenvalue weighted by molar-refractivity contribution is 6.47. The predicted molar refractivity (Wildman–Crippen MR) is 112 cm³/mol. The van der Waals surface area contributed by atoms with Gasteiger partial charge in [-0.25, -0.2) is 0 Å². The molecule has 3 saturated carbocycles. The second-order valence-electron chi connectivity index (χ2n) is 10.9. The molecule has 2 bridgehead atoms. The number of carbonyl (C=O) groups excluding carboxylic acids is 1. The van der Waals surface area contributed by atoms with Crippen molar-refractivity contribution in [2.75, 3.05) is 0 Å². The highest BCUT2D eigenvalue weighted by atomic mass is 16.7. The lowest BCUT2D eigenvalue weighted by Gasteiger charge is -2.64. The molecule has 0 aromatic heterocycles. The van der Waals surface area contributed by atoms with E-state index in [2.05, 4.69) is 26.1 Å². The Morgan fingerprint density at radius 3 is 2.54 bits per heavy atom. The standard InChI is InChI=1S/C21H38BN3O3/c1-19(2,3)18(26)25-16(9-7-8-10-17(23)24)22-27-15-12-13-11-14(20(13,4)5)21(15,6)28-22/h13-16H,7-12H2,1-6H3,(H3,23,24)(H,25,26). The molecule has 1 heterocycles. The molecule has 0 aromatic rings. The smallest absolute Gasteiger partial charge is 0.404 e. The SMILES string of the molecule is CC(C)(C)C(=O)NC(CCCCC(=N)N)B1OC2CC3CC(C3(C)C)C2(C)O1. The Morgan fingerprint density at radius 1 is 1.29 bits per heavy atom. The highest BCUT2D eigenvalue weighted by Gasteiger charge is 2.68. The summed E-state index contributed by atoms with van der Waals surface area (Å²) in [6.07, 6.45) is 5.43. The molecule has 6 nitrogen and oxygen atoms in total. The number of hydrogen-bond donors (Lipinski definition) is 3. The van der Waals surface area contributed by atoms with Crippen LogP contribution in [-0.2, 0) is 14.1 Å². The van der Waals surface area contributed by atoms with Gasteiger partial charge in [-0.1, -0.05) is 41.0 Å². The van der Waals surface area contributed by atoms with E-state index in [1.54, 1.807) is 0 Å². The van der Waals surface area contributed by atoms with Crippen molar-refractivity contribution < 1.29 is 14.1 Å². The minimum atomic E-state index is -0.462. The first-order valence-corrected chi connectivity index (χ1v) is 10.8. The third-order valence-electron chi connectivity index (χ3n) is 7.51. The maximum atomic E-state index is 12.7. The van der Waals surface area contributed by atoms with Gasteiger partial charge in [-0.3, -0.25) is 10.2 Å². The van der Waals surface area contributed by atoms with Gasteiger partial charge in [0.05, 0.1) is 23.5 Å². The Labute approximate surface area is 170 Å². The van der Waals surface area contributed by atoms with Gasteiger partial charge in [0.15, 0.2) is 0 Å². The minimum Gasteiger partial charge on any atom is -0.404 e. The van der Waals surface area contributed by atoms with Gasteiger partial charge in [-0.15, -0.1) is 0 Å². The van der Waals surface area contributed by atoms with Crippen LogP contribution in [0.3, 0.4) is 0 Å². The number of amidine groups is 1. The maximum Gasteiger partial charge on any atom is 0.481 e. The number of nitrogens with one attached hydrogen (secondary N) is 2. The Morgan fingerprint density at radius 2 is 1.96 bits per heavy atom. The van der Waals surface area contributed by atoms with Gasteiger partial charge in [-0.05, 0) is 49.9 Å². The van der Waals surface area contributed by atoms with E-state index in [-0.39, 0.29) is 29.4 Å². The molecule has 0 aromatic carbocycles. The molecule has 1 aliphatic heterocycles. The third-order valence-corrected chi connectivity index (χ3v) is 7.51. The maximum absolute atomic E-state index is 12.7. The second-order valence-corrected chi connectivity index (χ2v) is 10.9. The Hall–Kier alpha value is -1.08. The zero-order chi connectivity index (χ0) is 20.9. The highest BCUT2D eigenvalue weighted by Crippen LogP contribution is 2.65. The zero-order valence-corrected chi connectivity index (χ0v) is 18.4. The molecule has 4 N–H and O–H groups in total. The molecule has 1 amide bonds. The molecular formula is C21H38BN3O3. The summed E-state index contributed by atoms with van der Waals surface area (Å²) >= 11 is 0. The fraction of sp³-hybridized carbons (Fsp3) is 0.905. The number of nitrogens with two attached hydrogens (primary N) is 1. The van der Waals surface area contributed by atoms with E-state index in [4.69, 9.17) is 20.5 Å². The summed E-state index contributed by atoms with van der Waals surface area (Å²) in [6.45, 7) is 12.7. The van der Waals surface area contributed by atoms with Crippen molar-refractivity contribution in [2.24, 2.45) is 28.4 Å². The molecule has 7 heteroatoms. The summed E-state index contributed by atoms with van der Waals surface area (Å²) in [5, 5.41) is 10.6. The third kappa shape index (κ3) is 3.84. The minimum absolute atomic E-state index is 0.0147. The fourth-order valence-electron chi connectivity index (χ4n) is 5.41. The number of hydrogen-bond acceptors (Lipinski definition) is 4. The fourth-order valence-corrected chi connectivity index (χ4v) is 5.41. The van der Waals surface area contributed by atoms with Crippen molar-refractivity contribution >= 4 is 18.9 Å². The first-order valence-electron chi connectivity index (χ1n) is 10.8. The van der Waals surface area contributed by atoms with Gasteiger partial charge in [0.2, 0.25) is 5.91 Å². The molecule has 5 unspecified atom stereocenters. The van der Waals surface area contributed by atoms with E-state index in [0.29, 0.717) is 23.7 Å². The number of carbonyl (C=O) groups is 1. The molecule has 4 fully saturated rings. The van der Waals surface area contributed by atoms with Crippen LogP contribution < -0.4 is 11.1 Å². The Bertz CT molecular complexity index is 633. The number of amides is 1. The quantitative estimate of drug-likeness (QED) is 0.269. The lowest BCUT2D eigenvalue weighted by atomic mass is 9.43. The topological polar surface area (TPSA) is 97.4 Å². The molecular weight excluding hydrogens is 353 g/mol. The normalized spacial score (nSPS) is 34.4. The van der Waals surface area contributed by atoms with Crippen LogP contribution in [0, 0.1) is 28.1 Å². The molecule has 158 valence electrons. The molecule has 0 spiro atoms. The van der Waals surface area contributed by atoms with Gasteiger partial charge in [-0.2, -0.15) is 0 Å².